The van der Waals surface area contributed by atoms with Crippen molar-refractivity contribution in [3.63, 3.8) is 0 Å². The molecule has 0 saturated carbocycles. The van der Waals surface area contributed by atoms with Gasteiger partial charge in [-0.15, -0.1) is 0 Å². The predicted octanol–water partition coefficient (Wildman–Crippen LogP) is 4.45. The van der Waals surface area contributed by atoms with Gasteiger partial charge in [-0.1, -0.05) is 84.4 Å². The van der Waals surface area contributed by atoms with E-state index in [9.17, 15) is 9.90 Å². The van der Waals surface area contributed by atoms with Crippen molar-refractivity contribution < 1.29 is 9.90 Å². The van der Waals surface area contributed by atoms with E-state index in [0.717, 1.165) is 27.8 Å². The van der Waals surface area contributed by atoms with Crippen molar-refractivity contribution in [2.45, 2.75) is 25.9 Å². The van der Waals surface area contributed by atoms with Gasteiger partial charge in [0.1, 0.15) is 6.04 Å². The van der Waals surface area contributed by atoms with Crippen LogP contribution in [-0.4, -0.2) is 17.1 Å². The Hall–Kier alpha value is -2.91. The highest BCUT2D eigenvalue weighted by molar-refractivity contribution is 5.75. The third-order valence-electron chi connectivity index (χ3n) is 4.46. The molecule has 0 fully saturated rings. The van der Waals surface area contributed by atoms with Crippen LogP contribution in [0, 0.1) is 6.92 Å². The number of benzene rings is 3. The molecule has 3 heteroatoms. The van der Waals surface area contributed by atoms with Crippen LogP contribution in [-0.2, 0) is 17.8 Å². The van der Waals surface area contributed by atoms with E-state index in [2.05, 4.69) is 35.6 Å². The summed E-state index contributed by atoms with van der Waals surface area (Å²) in [5, 5.41) is 12.9. The molecule has 0 spiro atoms. The van der Waals surface area contributed by atoms with Gasteiger partial charge in [-0.05, 0) is 35.6 Å². The Labute approximate surface area is 154 Å². The van der Waals surface area contributed by atoms with Gasteiger partial charge < -0.3 is 10.4 Å². The van der Waals surface area contributed by atoms with Crippen molar-refractivity contribution in [2.24, 2.45) is 0 Å². The predicted molar refractivity (Wildman–Crippen MR) is 105 cm³/mol. The molecule has 0 bridgehead atoms. The number of carboxylic acids is 1. The Morgan fingerprint density at radius 2 is 1.62 bits per heavy atom. The number of hydrogen-bond donors (Lipinski definition) is 2. The zero-order valence-electron chi connectivity index (χ0n) is 14.9. The smallest absolute Gasteiger partial charge is 0.321 e. The molecule has 0 saturated heterocycles. The van der Waals surface area contributed by atoms with E-state index in [0.29, 0.717) is 13.0 Å². The summed E-state index contributed by atoms with van der Waals surface area (Å²) in [5.74, 6) is -0.832. The van der Waals surface area contributed by atoms with E-state index in [4.69, 9.17) is 0 Å². The summed E-state index contributed by atoms with van der Waals surface area (Å²) < 4.78 is 0. The maximum atomic E-state index is 11.8. The van der Waals surface area contributed by atoms with Crippen LogP contribution >= 0.6 is 0 Å². The first-order valence-electron chi connectivity index (χ1n) is 8.78. The normalized spacial score (nSPS) is 11.9. The van der Waals surface area contributed by atoms with E-state index >= 15 is 0 Å². The van der Waals surface area contributed by atoms with Crippen molar-refractivity contribution >= 4 is 5.97 Å². The summed E-state index contributed by atoms with van der Waals surface area (Å²) >= 11 is 0. The van der Waals surface area contributed by atoms with E-state index in [-0.39, 0.29) is 0 Å². The number of carboxylic acid groups (broad SMARTS) is 1. The first-order valence-corrected chi connectivity index (χ1v) is 8.78. The highest BCUT2D eigenvalue weighted by atomic mass is 16.4. The van der Waals surface area contributed by atoms with Crippen molar-refractivity contribution in [3.05, 3.63) is 95.6 Å². The van der Waals surface area contributed by atoms with Gasteiger partial charge in [0.05, 0.1) is 0 Å². The van der Waals surface area contributed by atoms with Gasteiger partial charge in [-0.2, -0.15) is 0 Å². The zero-order valence-corrected chi connectivity index (χ0v) is 14.9. The monoisotopic (exact) mass is 345 g/mol. The van der Waals surface area contributed by atoms with E-state index < -0.39 is 12.0 Å². The summed E-state index contributed by atoms with van der Waals surface area (Å²) in [4.78, 5) is 11.8. The number of carbonyl (C=O) groups is 1. The molecule has 0 unspecified atom stereocenters. The molecule has 3 aromatic rings. The summed E-state index contributed by atoms with van der Waals surface area (Å²) in [5.41, 5.74) is 5.45. The fourth-order valence-corrected chi connectivity index (χ4v) is 3.09. The first kappa shape index (κ1) is 17.9. The van der Waals surface area contributed by atoms with Gasteiger partial charge in [0.15, 0.2) is 0 Å². The third-order valence-corrected chi connectivity index (χ3v) is 4.46. The van der Waals surface area contributed by atoms with Crippen molar-refractivity contribution in [1.29, 1.82) is 0 Å². The number of aryl methyl sites for hydroxylation is 1. The molecule has 0 aliphatic carbocycles. The molecule has 2 N–H and O–H groups in total. The lowest BCUT2D eigenvalue weighted by Crippen LogP contribution is -2.38. The number of nitrogens with one attached hydrogen (secondary N) is 1. The average molecular weight is 345 g/mol. The van der Waals surface area contributed by atoms with Crippen LogP contribution in [0.2, 0.25) is 0 Å². The quantitative estimate of drug-likeness (QED) is 0.665. The summed E-state index contributed by atoms with van der Waals surface area (Å²) in [6, 6.07) is 25.6. The van der Waals surface area contributed by atoms with Crippen LogP contribution in [0.15, 0.2) is 78.9 Å². The third kappa shape index (κ3) is 4.58. The fourth-order valence-electron chi connectivity index (χ4n) is 3.09. The highest BCUT2D eigenvalue weighted by Crippen LogP contribution is 2.26. The van der Waals surface area contributed by atoms with Gasteiger partial charge in [-0.25, -0.2) is 0 Å². The standard InChI is InChI=1S/C23H23NO2/c1-17-12-13-21(19-10-6-3-7-11-19)20(14-17)15-22(23(25)26)24-16-18-8-4-2-5-9-18/h2-14,22,24H,15-16H2,1H3,(H,25,26)/t22-/m0/s1. The van der Waals surface area contributed by atoms with Crippen LogP contribution in [0.4, 0.5) is 0 Å². The van der Waals surface area contributed by atoms with E-state index in [1.165, 1.54) is 0 Å². The van der Waals surface area contributed by atoms with Crippen LogP contribution in [0.3, 0.4) is 0 Å². The maximum absolute atomic E-state index is 11.8. The first-order chi connectivity index (χ1) is 12.6. The second-order valence-electron chi connectivity index (χ2n) is 6.49. The van der Waals surface area contributed by atoms with Crippen LogP contribution in [0.25, 0.3) is 11.1 Å². The lowest BCUT2D eigenvalue weighted by atomic mass is 9.93. The van der Waals surface area contributed by atoms with Gasteiger partial charge >= 0.3 is 5.97 Å². The number of hydrogen-bond acceptors (Lipinski definition) is 2. The Balaban J connectivity index is 1.82. The molecule has 0 radical (unpaired) electrons. The van der Waals surface area contributed by atoms with Crippen LogP contribution < -0.4 is 5.32 Å². The molecule has 26 heavy (non-hydrogen) atoms. The molecule has 0 heterocycles. The second-order valence-corrected chi connectivity index (χ2v) is 6.49. The lowest BCUT2D eigenvalue weighted by Gasteiger charge is -2.18. The molecule has 3 aromatic carbocycles. The molecule has 0 amide bonds. The Morgan fingerprint density at radius 3 is 2.27 bits per heavy atom. The fraction of sp³-hybridized carbons (Fsp3) is 0.174. The van der Waals surface area contributed by atoms with Gasteiger partial charge in [0.25, 0.3) is 0 Å². The van der Waals surface area contributed by atoms with Gasteiger partial charge in [0, 0.05) is 6.54 Å². The minimum absolute atomic E-state index is 0.439. The zero-order chi connectivity index (χ0) is 18.4. The summed E-state index contributed by atoms with van der Waals surface area (Å²) in [7, 11) is 0. The van der Waals surface area contributed by atoms with Gasteiger partial charge in [0.2, 0.25) is 0 Å². The highest BCUT2D eigenvalue weighted by Gasteiger charge is 2.19. The maximum Gasteiger partial charge on any atom is 0.321 e. The van der Waals surface area contributed by atoms with Crippen molar-refractivity contribution in [2.75, 3.05) is 0 Å². The molecular formula is C23H23NO2. The lowest BCUT2D eigenvalue weighted by molar-refractivity contribution is -0.139. The van der Waals surface area contributed by atoms with Crippen LogP contribution in [0.5, 0.6) is 0 Å². The number of aliphatic carboxylic acids is 1. The molecule has 0 aromatic heterocycles. The van der Waals surface area contributed by atoms with Gasteiger partial charge in [-0.3, -0.25) is 4.79 Å². The Morgan fingerprint density at radius 1 is 0.962 bits per heavy atom. The largest absolute Gasteiger partial charge is 0.480 e. The molecule has 3 rings (SSSR count). The molecule has 0 aliphatic heterocycles. The second kappa shape index (κ2) is 8.45. The summed E-state index contributed by atoms with van der Waals surface area (Å²) in [6.45, 7) is 2.57. The average Bonchev–Trinajstić information content (AvgIpc) is 2.66. The Bertz CT molecular complexity index is 860. The minimum atomic E-state index is -0.832. The molecular weight excluding hydrogens is 322 g/mol. The molecule has 0 aliphatic rings. The van der Waals surface area contributed by atoms with Crippen molar-refractivity contribution in [3.8, 4) is 11.1 Å². The number of rotatable bonds is 7. The molecule has 1 atom stereocenters. The minimum Gasteiger partial charge on any atom is -0.480 e. The topological polar surface area (TPSA) is 49.3 Å². The SMILES string of the molecule is Cc1ccc(-c2ccccc2)c(C[C@H](NCc2ccccc2)C(=O)O)c1. The van der Waals surface area contributed by atoms with Crippen LogP contribution in [0.1, 0.15) is 16.7 Å². The van der Waals surface area contributed by atoms with E-state index in [1.54, 1.807) is 0 Å². The summed E-state index contributed by atoms with van der Waals surface area (Å²) in [6.07, 6.45) is 0.439. The molecule has 132 valence electrons. The van der Waals surface area contributed by atoms with E-state index in [1.807, 2.05) is 55.5 Å². The molecule has 3 nitrogen and oxygen atoms in total. The van der Waals surface area contributed by atoms with Crippen molar-refractivity contribution in [1.82, 2.24) is 5.32 Å². The Kier molecular flexibility index (Phi) is 5.82.